The molecule has 2 rings (SSSR count). The number of rotatable bonds is 3. The van der Waals surface area contributed by atoms with Crippen LogP contribution in [0.4, 0.5) is 11.9 Å². The molecule has 0 atom stereocenters. The van der Waals surface area contributed by atoms with E-state index < -0.39 is 0 Å². The van der Waals surface area contributed by atoms with Crippen LogP contribution in [0.25, 0.3) is 11.6 Å². The minimum absolute atomic E-state index is 0.0642. The Labute approximate surface area is 110 Å². The third-order valence-corrected chi connectivity index (χ3v) is 2.23. The molecule has 0 saturated heterocycles. The van der Waals surface area contributed by atoms with Crippen LogP contribution in [0.1, 0.15) is 11.6 Å². The van der Waals surface area contributed by atoms with Crippen molar-refractivity contribution in [2.45, 2.75) is 0 Å². The van der Waals surface area contributed by atoms with Gasteiger partial charge in [-0.1, -0.05) is 0 Å². The normalized spacial score (nSPS) is 11.1. The van der Waals surface area contributed by atoms with Gasteiger partial charge in [-0.2, -0.15) is 20.2 Å². The minimum Gasteiger partial charge on any atom is -0.465 e. The summed E-state index contributed by atoms with van der Waals surface area (Å²) in [7, 11) is 3.56. The van der Waals surface area contributed by atoms with E-state index in [1.807, 2.05) is 6.07 Å². The molecule has 0 unspecified atom stereocenters. The zero-order chi connectivity index (χ0) is 13.8. The van der Waals surface area contributed by atoms with Gasteiger partial charge in [0, 0.05) is 20.2 Å². The molecule has 0 saturated carbocycles. The molecule has 2 heterocycles. The summed E-state index contributed by atoms with van der Waals surface area (Å²) in [6, 6.07) is 5.49. The quantitative estimate of drug-likeness (QED) is 0.822. The first-order valence-electron chi connectivity index (χ1n) is 5.44. The molecule has 7 heteroatoms. The van der Waals surface area contributed by atoms with Gasteiger partial charge < -0.3 is 15.1 Å². The molecule has 2 N–H and O–H groups in total. The fourth-order valence-corrected chi connectivity index (χ4v) is 1.36. The van der Waals surface area contributed by atoms with Crippen LogP contribution in [-0.2, 0) is 0 Å². The second-order valence-electron chi connectivity index (χ2n) is 3.90. The second kappa shape index (κ2) is 5.18. The highest BCUT2D eigenvalue weighted by molar-refractivity contribution is 5.86. The number of allylic oxidation sites excluding steroid dienone is 1. The van der Waals surface area contributed by atoms with Crippen molar-refractivity contribution in [1.29, 1.82) is 5.26 Å². The van der Waals surface area contributed by atoms with E-state index >= 15 is 0 Å². The van der Waals surface area contributed by atoms with Crippen molar-refractivity contribution in [3.8, 4) is 6.07 Å². The van der Waals surface area contributed by atoms with Crippen LogP contribution in [-0.4, -0.2) is 29.0 Å². The fourth-order valence-electron chi connectivity index (χ4n) is 1.36. The summed E-state index contributed by atoms with van der Waals surface area (Å²) >= 11 is 0. The van der Waals surface area contributed by atoms with Crippen LogP contribution >= 0.6 is 0 Å². The average molecular weight is 256 g/mol. The Kier molecular flexibility index (Phi) is 3.43. The van der Waals surface area contributed by atoms with Crippen molar-refractivity contribution in [3.05, 3.63) is 30.0 Å². The van der Waals surface area contributed by atoms with E-state index in [-0.39, 0.29) is 17.3 Å². The smallest absolute Gasteiger partial charge is 0.230 e. The summed E-state index contributed by atoms with van der Waals surface area (Å²) in [4.78, 5) is 13.8. The summed E-state index contributed by atoms with van der Waals surface area (Å²) in [5.41, 5.74) is 5.87. The summed E-state index contributed by atoms with van der Waals surface area (Å²) in [6.07, 6.45) is 3.07. The number of nitrogens with zero attached hydrogens (tertiary/aromatic N) is 5. The van der Waals surface area contributed by atoms with Gasteiger partial charge in [-0.05, 0) is 12.1 Å². The van der Waals surface area contributed by atoms with Crippen molar-refractivity contribution in [2.75, 3.05) is 24.7 Å². The zero-order valence-electron chi connectivity index (χ0n) is 10.5. The minimum atomic E-state index is 0.0642. The highest BCUT2D eigenvalue weighted by atomic mass is 16.3. The van der Waals surface area contributed by atoms with Crippen LogP contribution in [0.2, 0.25) is 0 Å². The summed E-state index contributed by atoms with van der Waals surface area (Å²) < 4.78 is 5.15. The first-order chi connectivity index (χ1) is 9.10. The van der Waals surface area contributed by atoms with Crippen LogP contribution in [0.3, 0.4) is 0 Å². The zero-order valence-corrected chi connectivity index (χ0v) is 10.5. The lowest BCUT2D eigenvalue weighted by molar-refractivity contribution is 0.557. The van der Waals surface area contributed by atoms with Gasteiger partial charge in [-0.15, -0.1) is 0 Å². The highest BCUT2D eigenvalue weighted by Crippen LogP contribution is 2.17. The molecule has 0 fully saturated rings. The molecule has 0 aliphatic carbocycles. The van der Waals surface area contributed by atoms with Gasteiger partial charge in [0.05, 0.1) is 6.26 Å². The number of hydrogen-bond acceptors (Lipinski definition) is 7. The van der Waals surface area contributed by atoms with E-state index in [1.54, 1.807) is 37.2 Å². The number of anilines is 2. The molecule has 7 nitrogen and oxygen atoms in total. The number of furan rings is 1. The number of nitrogen functional groups attached to an aromatic ring is 1. The molecule has 0 amide bonds. The Morgan fingerprint density at radius 1 is 1.42 bits per heavy atom. The van der Waals surface area contributed by atoms with Gasteiger partial charge in [-0.25, -0.2) is 0 Å². The van der Waals surface area contributed by atoms with Crippen molar-refractivity contribution in [2.24, 2.45) is 0 Å². The molecular weight excluding hydrogens is 244 g/mol. The van der Waals surface area contributed by atoms with E-state index in [1.165, 1.54) is 6.26 Å². The highest BCUT2D eigenvalue weighted by Gasteiger charge is 2.11. The number of nitriles is 1. The Hall–Kier alpha value is -2.88. The van der Waals surface area contributed by atoms with Gasteiger partial charge in [0.25, 0.3) is 0 Å². The van der Waals surface area contributed by atoms with Gasteiger partial charge in [0.2, 0.25) is 11.9 Å². The lowest BCUT2D eigenvalue weighted by Crippen LogP contribution is -2.15. The molecule has 0 aromatic carbocycles. The third-order valence-electron chi connectivity index (χ3n) is 2.23. The summed E-state index contributed by atoms with van der Waals surface area (Å²) in [5.74, 6) is 1.22. The molecule has 96 valence electrons. The first kappa shape index (κ1) is 12.6. The Morgan fingerprint density at radius 2 is 2.21 bits per heavy atom. The lowest BCUT2D eigenvalue weighted by Gasteiger charge is -2.10. The van der Waals surface area contributed by atoms with Gasteiger partial charge in [0.15, 0.2) is 5.82 Å². The molecule has 0 spiro atoms. The number of hydrogen-bond donors (Lipinski definition) is 1. The molecule has 0 radical (unpaired) electrons. The van der Waals surface area contributed by atoms with Crippen molar-refractivity contribution in [3.63, 3.8) is 0 Å². The molecule has 2 aromatic rings. The predicted molar refractivity (Wildman–Crippen MR) is 70.8 cm³/mol. The van der Waals surface area contributed by atoms with Crippen molar-refractivity contribution < 1.29 is 4.42 Å². The van der Waals surface area contributed by atoms with E-state index in [2.05, 4.69) is 15.0 Å². The van der Waals surface area contributed by atoms with Gasteiger partial charge in [-0.3, -0.25) is 0 Å². The Balaban J connectivity index is 2.47. The van der Waals surface area contributed by atoms with Gasteiger partial charge in [0.1, 0.15) is 17.4 Å². The third kappa shape index (κ3) is 2.87. The molecule has 0 bridgehead atoms. The molecular formula is C12H12N6O. The van der Waals surface area contributed by atoms with Crippen LogP contribution in [0.5, 0.6) is 0 Å². The average Bonchev–Trinajstić information content (AvgIpc) is 2.88. The molecule has 2 aromatic heterocycles. The van der Waals surface area contributed by atoms with E-state index in [0.717, 1.165) is 0 Å². The molecule has 0 aliphatic rings. The first-order valence-corrected chi connectivity index (χ1v) is 5.44. The van der Waals surface area contributed by atoms with Crippen LogP contribution < -0.4 is 10.6 Å². The van der Waals surface area contributed by atoms with E-state index in [9.17, 15) is 5.26 Å². The van der Waals surface area contributed by atoms with E-state index in [4.69, 9.17) is 10.2 Å². The standard InChI is InChI=1S/C12H12N6O/c1-18(2)12-16-10(15-11(14)17-12)8(7-13)6-9-4-3-5-19-9/h3-6H,1-2H3,(H2,14,15,16,17). The van der Waals surface area contributed by atoms with E-state index in [0.29, 0.717) is 11.7 Å². The maximum absolute atomic E-state index is 9.18. The SMILES string of the molecule is CN(C)c1nc(N)nc(C(C#N)=Cc2ccco2)n1. The molecule has 19 heavy (non-hydrogen) atoms. The van der Waals surface area contributed by atoms with Crippen LogP contribution in [0.15, 0.2) is 22.8 Å². The maximum atomic E-state index is 9.18. The van der Waals surface area contributed by atoms with Crippen molar-refractivity contribution >= 4 is 23.5 Å². The largest absolute Gasteiger partial charge is 0.465 e. The van der Waals surface area contributed by atoms with Gasteiger partial charge >= 0.3 is 0 Å². The number of nitrogens with two attached hydrogens (primary N) is 1. The second-order valence-corrected chi connectivity index (χ2v) is 3.90. The van der Waals surface area contributed by atoms with Crippen molar-refractivity contribution in [1.82, 2.24) is 15.0 Å². The monoisotopic (exact) mass is 256 g/mol. The topological polar surface area (TPSA) is 105 Å². The fraction of sp³-hybridized carbons (Fsp3) is 0.167. The lowest BCUT2D eigenvalue weighted by atomic mass is 10.2. The Morgan fingerprint density at radius 3 is 2.79 bits per heavy atom. The maximum Gasteiger partial charge on any atom is 0.230 e. The predicted octanol–water partition coefficient (Wildman–Crippen LogP) is 1.18. The summed E-state index contributed by atoms with van der Waals surface area (Å²) in [5, 5.41) is 9.18. The molecule has 0 aliphatic heterocycles. The Bertz CT molecular complexity index is 639. The number of aromatic nitrogens is 3. The summed E-state index contributed by atoms with van der Waals surface area (Å²) in [6.45, 7) is 0. The van der Waals surface area contributed by atoms with Crippen LogP contribution in [0, 0.1) is 11.3 Å².